The van der Waals surface area contributed by atoms with Crippen molar-refractivity contribution in [3.05, 3.63) is 33.7 Å². The van der Waals surface area contributed by atoms with Crippen LogP contribution in [-0.4, -0.2) is 17.0 Å². The number of hydrogen-bond acceptors (Lipinski definition) is 2. The van der Waals surface area contributed by atoms with Crippen LogP contribution in [0.25, 0.3) is 0 Å². The maximum Gasteiger partial charge on any atom is 0.251 e. The van der Waals surface area contributed by atoms with Crippen molar-refractivity contribution in [1.82, 2.24) is 9.88 Å². The molecule has 88 valence electrons. The van der Waals surface area contributed by atoms with Gasteiger partial charge < -0.3 is 9.88 Å². The zero-order chi connectivity index (χ0) is 12.1. The molecule has 0 aliphatic rings. The highest BCUT2D eigenvalue weighted by Gasteiger charge is 2.05. The van der Waals surface area contributed by atoms with E-state index in [0.717, 1.165) is 0 Å². The second-order valence-corrected chi connectivity index (χ2v) is 4.45. The third-order valence-corrected chi connectivity index (χ3v) is 2.19. The molecule has 0 saturated heterocycles. The highest BCUT2D eigenvalue weighted by atomic mass is 35.5. The predicted octanol–water partition coefficient (Wildman–Crippen LogP) is 1.27. The van der Waals surface area contributed by atoms with Crippen LogP contribution < -0.4 is 10.9 Å². The van der Waals surface area contributed by atoms with Gasteiger partial charge in [-0.3, -0.25) is 9.59 Å². The Bertz CT molecular complexity index is 426. The number of carbonyl (C=O) groups is 1. The van der Waals surface area contributed by atoms with E-state index in [1.165, 1.54) is 22.9 Å². The zero-order valence-electron chi connectivity index (χ0n) is 9.37. The average Bonchev–Trinajstić information content (AvgIpc) is 2.20. The fourth-order valence-corrected chi connectivity index (χ4v) is 1.34. The minimum atomic E-state index is -0.232. The van der Waals surface area contributed by atoms with E-state index in [2.05, 4.69) is 5.32 Å². The van der Waals surface area contributed by atoms with Crippen LogP contribution in [0, 0.1) is 5.92 Å². The summed E-state index contributed by atoms with van der Waals surface area (Å²) in [4.78, 5) is 22.8. The molecule has 0 aromatic carbocycles. The maximum absolute atomic E-state index is 11.5. The number of carbonyl (C=O) groups excluding carboxylic acids is 1. The lowest BCUT2D eigenvalue weighted by Crippen LogP contribution is -2.33. The van der Waals surface area contributed by atoms with Crippen molar-refractivity contribution in [2.45, 2.75) is 20.4 Å². The molecule has 0 aliphatic carbocycles. The molecule has 1 rings (SSSR count). The largest absolute Gasteiger partial charge is 0.354 e. The van der Waals surface area contributed by atoms with E-state index < -0.39 is 0 Å². The molecular weight excluding hydrogens is 228 g/mol. The molecule has 1 amide bonds. The van der Waals surface area contributed by atoms with E-state index in [9.17, 15) is 9.59 Å². The van der Waals surface area contributed by atoms with Crippen molar-refractivity contribution in [3.63, 3.8) is 0 Å². The first-order chi connectivity index (χ1) is 7.49. The summed E-state index contributed by atoms with van der Waals surface area (Å²) in [5, 5.41) is 3.18. The first-order valence-corrected chi connectivity index (χ1v) is 5.49. The Hall–Kier alpha value is -1.29. The predicted molar refractivity (Wildman–Crippen MR) is 63.6 cm³/mol. The van der Waals surface area contributed by atoms with Crippen molar-refractivity contribution < 1.29 is 4.79 Å². The second-order valence-electron chi connectivity index (χ2n) is 4.01. The van der Waals surface area contributed by atoms with Crippen molar-refractivity contribution >= 4 is 17.5 Å². The smallest absolute Gasteiger partial charge is 0.251 e. The van der Waals surface area contributed by atoms with Crippen LogP contribution in [-0.2, 0) is 11.3 Å². The lowest BCUT2D eigenvalue weighted by molar-refractivity contribution is -0.121. The molecule has 0 fully saturated rings. The van der Waals surface area contributed by atoms with E-state index >= 15 is 0 Å². The molecule has 5 heteroatoms. The standard InChI is InChI=1S/C11H15ClN2O2/c1-8(2)5-13-10(15)7-14-6-9(12)3-4-11(14)16/h3-4,6,8H,5,7H2,1-2H3,(H,13,15). The molecule has 1 aromatic heterocycles. The summed E-state index contributed by atoms with van der Waals surface area (Å²) in [6.45, 7) is 4.62. The fourth-order valence-electron chi connectivity index (χ4n) is 1.15. The first-order valence-electron chi connectivity index (χ1n) is 5.11. The van der Waals surface area contributed by atoms with Crippen LogP contribution in [0.15, 0.2) is 23.1 Å². The summed E-state index contributed by atoms with van der Waals surface area (Å²) < 4.78 is 1.29. The average molecular weight is 243 g/mol. The van der Waals surface area contributed by atoms with Crippen LogP contribution in [0.2, 0.25) is 5.02 Å². The summed E-state index contributed by atoms with van der Waals surface area (Å²) in [7, 11) is 0. The van der Waals surface area contributed by atoms with E-state index in [0.29, 0.717) is 17.5 Å². The van der Waals surface area contributed by atoms with Crippen molar-refractivity contribution in [3.8, 4) is 0 Å². The van der Waals surface area contributed by atoms with Crippen molar-refractivity contribution in [2.24, 2.45) is 5.92 Å². The molecule has 1 N–H and O–H groups in total. The molecule has 0 unspecified atom stereocenters. The number of amides is 1. The molecule has 1 aromatic rings. The van der Waals surface area contributed by atoms with Gasteiger partial charge in [0.05, 0.1) is 5.02 Å². The number of nitrogens with one attached hydrogen (secondary N) is 1. The maximum atomic E-state index is 11.5. The van der Waals surface area contributed by atoms with Gasteiger partial charge >= 0.3 is 0 Å². The Morgan fingerprint density at radius 2 is 2.19 bits per heavy atom. The quantitative estimate of drug-likeness (QED) is 0.865. The molecule has 1 heterocycles. The number of halogens is 1. The number of hydrogen-bond donors (Lipinski definition) is 1. The minimum absolute atomic E-state index is 0.00606. The van der Waals surface area contributed by atoms with Gasteiger partial charge in [0.2, 0.25) is 5.91 Å². The lowest BCUT2D eigenvalue weighted by Gasteiger charge is -2.09. The van der Waals surface area contributed by atoms with Crippen molar-refractivity contribution in [2.75, 3.05) is 6.54 Å². The molecule has 0 bridgehead atoms. The lowest BCUT2D eigenvalue weighted by atomic mass is 10.2. The monoisotopic (exact) mass is 242 g/mol. The highest BCUT2D eigenvalue weighted by molar-refractivity contribution is 6.30. The summed E-state index contributed by atoms with van der Waals surface area (Å²) >= 11 is 5.74. The van der Waals surface area contributed by atoms with Gasteiger partial charge in [-0.25, -0.2) is 0 Å². The van der Waals surface area contributed by atoms with Gasteiger partial charge in [-0.1, -0.05) is 25.4 Å². The number of aromatic nitrogens is 1. The van der Waals surface area contributed by atoms with Gasteiger partial charge in [0.15, 0.2) is 0 Å². The van der Waals surface area contributed by atoms with Crippen LogP contribution in [0.4, 0.5) is 0 Å². The SMILES string of the molecule is CC(C)CNC(=O)Cn1cc(Cl)ccc1=O. The van der Waals surface area contributed by atoms with E-state index in [1.54, 1.807) is 0 Å². The Morgan fingerprint density at radius 1 is 1.50 bits per heavy atom. The van der Waals surface area contributed by atoms with Crippen LogP contribution >= 0.6 is 11.6 Å². The van der Waals surface area contributed by atoms with Gasteiger partial charge in [0.1, 0.15) is 6.54 Å². The van der Waals surface area contributed by atoms with Crippen molar-refractivity contribution in [1.29, 1.82) is 0 Å². The summed E-state index contributed by atoms with van der Waals surface area (Å²) in [5.41, 5.74) is -0.232. The molecule has 4 nitrogen and oxygen atoms in total. The van der Waals surface area contributed by atoms with Gasteiger partial charge in [0.25, 0.3) is 5.56 Å². The number of pyridine rings is 1. The topological polar surface area (TPSA) is 51.1 Å². The zero-order valence-corrected chi connectivity index (χ0v) is 10.1. The fraction of sp³-hybridized carbons (Fsp3) is 0.455. The minimum Gasteiger partial charge on any atom is -0.354 e. The van der Waals surface area contributed by atoms with Gasteiger partial charge in [-0.2, -0.15) is 0 Å². The highest BCUT2D eigenvalue weighted by Crippen LogP contribution is 2.02. The molecular formula is C11H15ClN2O2. The molecule has 0 saturated carbocycles. The van der Waals surface area contributed by atoms with Gasteiger partial charge in [0, 0.05) is 18.8 Å². The Kier molecular flexibility index (Phi) is 4.55. The molecule has 0 radical (unpaired) electrons. The molecule has 0 atom stereocenters. The second kappa shape index (κ2) is 5.70. The molecule has 0 aliphatic heterocycles. The van der Waals surface area contributed by atoms with Gasteiger partial charge in [-0.15, -0.1) is 0 Å². The normalized spacial score (nSPS) is 10.5. The van der Waals surface area contributed by atoms with Crippen LogP contribution in [0.5, 0.6) is 0 Å². The molecule has 0 spiro atoms. The first kappa shape index (κ1) is 12.8. The molecule has 16 heavy (non-hydrogen) atoms. The summed E-state index contributed by atoms with van der Waals surface area (Å²) in [6.07, 6.45) is 1.46. The Labute approximate surface area is 99.2 Å². The summed E-state index contributed by atoms with van der Waals surface area (Å²) in [6, 6.07) is 2.85. The van der Waals surface area contributed by atoms with Gasteiger partial charge in [-0.05, 0) is 12.0 Å². The van der Waals surface area contributed by atoms with E-state index in [4.69, 9.17) is 11.6 Å². The third kappa shape index (κ3) is 4.06. The van der Waals surface area contributed by atoms with Crippen LogP contribution in [0.1, 0.15) is 13.8 Å². The third-order valence-electron chi connectivity index (χ3n) is 1.97. The van der Waals surface area contributed by atoms with E-state index in [1.807, 2.05) is 13.8 Å². The van der Waals surface area contributed by atoms with E-state index in [-0.39, 0.29) is 18.0 Å². The Morgan fingerprint density at radius 3 is 2.81 bits per heavy atom. The summed E-state index contributed by atoms with van der Waals surface area (Å²) in [5.74, 6) is 0.207. The van der Waals surface area contributed by atoms with Crippen LogP contribution in [0.3, 0.4) is 0 Å². The number of rotatable bonds is 4. The Balaban J connectivity index is 2.62. The number of nitrogens with zero attached hydrogens (tertiary/aromatic N) is 1.